The van der Waals surface area contributed by atoms with Crippen molar-refractivity contribution < 1.29 is 13.2 Å². The number of rotatable bonds is 5. The summed E-state index contributed by atoms with van der Waals surface area (Å²) in [7, 11) is -2.20. The molecule has 1 amide bonds. The fraction of sp³-hybridized carbons (Fsp3) is 0.524. The van der Waals surface area contributed by atoms with Gasteiger partial charge >= 0.3 is 0 Å². The van der Waals surface area contributed by atoms with Gasteiger partial charge in [-0.25, -0.2) is 13.4 Å². The topological polar surface area (TPSA) is 72.3 Å². The Labute approximate surface area is 167 Å². The Morgan fingerprint density at radius 3 is 2.57 bits per heavy atom. The lowest BCUT2D eigenvalue weighted by molar-refractivity contribution is -0.131. The van der Waals surface area contributed by atoms with Crippen molar-refractivity contribution in [3.63, 3.8) is 0 Å². The maximum absolute atomic E-state index is 13.3. The number of amides is 1. The predicted molar refractivity (Wildman–Crippen MR) is 109 cm³/mol. The number of hydrogen-bond donors (Lipinski definition) is 0. The van der Waals surface area contributed by atoms with Gasteiger partial charge in [-0.2, -0.15) is 0 Å². The summed E-state index contributed by atoms with van der Waals surface area (Å²) in [5.74, 6) is -0.359. The van der Waals surface area contributed by atoms with Crippen LogP contribution in [0.15, 0.2) is 35.7 Å². The lowest BCUT2D eigenvalue weighted by Gasteiger charge is -2.32. The number of benzene rings is 1. The molecule has 1 aliphatic carbocycles. The molecule has 1 aromatic heterocycles. The summed E-state index contributed by atoms with van der Waals surface area (Å²) in [6.07, 6.45) is 8.33. The summed E-state index contributed by atoms with van der Waals surface area (Å²) in [6, 6.07) is 5.98. The fourth-order valence-corrected chi connectivity index (χ4v) is 5.28. The van der Waals surface area contributed by atoms with E-state index < -0.39 is 15.1 Å². The Morgan fingerprint density at radius 1 is 1.21 bits per heavy atom. The second kappa shape index (κ2) is 8.07. The molecule has 7 heteroatoms. The second-order valence-electron chi connectivity index (χ2n) is 7.80. The third-order valence-electron chi connectivity index (χ3n) is 5.77. The maximum Gasteiger partial charge on any atom is 0.241 e. The lowest BCUT2D eigenvalue weighted by Crippen LogP contribution is -2.45. The maximum atomic E-state index is 13.3. The van der Waals surface area contributed by atoms with Crippen LogP contribution in [0.2, 0.25) is 0 Å². The number of hydrogen-bond acceptors (Lipinski definition) is 4. The van der Waals surface area contributed by atoms with Crippen LogP contribution in [0.5, 0.6) is 0 Å². The molecule has 0 spiro atoms. The van der Waals surface area contributed by atoms with Crippen LogP contribution in [0.3, 0.4) is 0 Å². The van der Waals surface area contributed by atoms with E-state index in [4.69, 9.17) is 0 Å². The molecule has 28 heavy (non-hydrogen) atoms. The van der Waals surface area contributed by atoms with E-state index in [1.165, 1.54) is 19.5 Å². The first kappa shape index (κ1) is 20.6. The first-order valence-corrected chi connectivity index (χ1v) is 11.4. The van der Waals surface area contributed by atoms with Crippen LogP contribution in [0.4, 0.5) is 0 Å². The molecule has 1 aromatic carbocycles. The van der Waals surface area contributed by atoms with E-state index in [1.807, 2.05) is 32.0 Å². The average molecular weight is 404 g/mol. The summed E-state index contributed by atoms with van der Waals surface area (Å²) in [6.45, 7) is 5.36. The zero-order chi connectivity index (χ0) is 20.5. The van der Waals surface area contributed by atoms with Crippen LogP contribution in [0, 0.1) is 13.8 Å². The van der Waals surface area contributed by atoms with E-state index in [2.05, 4.69) is 4.98 Å². The van der Waals surface area contributed by atoms with Gasteiger partial charge in [-0.15, -0.1) is 0 Å². The molecular formula is C21H29N3O3S. The van der Waals surface area contributed by atoms with Crippen LogP contribution in [-0.2, 0) is 14.6 Å². The van der Waals surface area contributed by atoms with Crippen molar-refractivity contribution in [3.05, 3.63) is 41.7 Å². The largest absolute Gasteiger partial charge is 0.342 e. The Kier molecular flexibility index (Phi) is 5.93. The highest BCUT2D eigenvalue weighted by molar-refractivity contribution is 7.92. The minimum absolute atomic E-state index is 0.0842. The minimum atomic E-state index is -3.93. The lowest BCUT2D eigenvalue weighted by atomic mass is 9.94. The fourth-order valence-electron chi connectivity index (χ4n) is 3.89. The molecule has 3 rings (SSSR count). The number of sulfone groups is 1. The Balaban J connectivity index is 1.92. The molecule has 6 nitrogen and oxygen atoms in total. The predicted octanol–water partition coefficient (Wildman–Crippen LogP) is 3.44. The number of aromatic nitrogens is 2. The smallest absolute Gasteiger partial charge is 0.241 e. The minimum Gasteiger partial charge on any atom is -0.342 e. The van der Waals surface area contributed by atoms with Crippen molar-refractivity contribution in [2.75, 3.05) is 7.05 Å². The summed E-state index contributed by atoms with van der Waals surface area (Å²) >= 11 is 0. The molecule has 1 fully saturated rings. The number of carbonyl (C=O) groups excluding carboxylic acids is 1. The van der Waals surface area contributed by atoms with E-state index in [9.17, 15) is 13.2 Å². The number of imidazole rings is 1. The molecule has 152 valence electrons. The third-order valence-corrected chi connectivity index (χ3v) is 7.71. The highest BCUT2D eigenvalue weighted by atomic mass is 32.2. The van der Waals surface area contributed by atoms with E-state index in [0.29, 0.717) is 0 Å². The van der Waals surface area contributed by atoms with Crippen LogP contribution in [0.25, 0.3) is 5.69 Å². The Hall–Kier alpha value is -2.15. The van der Waals surface area contributed by atoms with Crippen molar-refractivity contribution >= 4 is 15.7 Å². The number of aryl methyl sites for hydroxylation is 2. The molecule has 0 saturated heterocycles. The standard InChI is InChI=1S/C21H29N3O3S/c1-15-10-11-16(2)19(14-15)24-13-12-22-21(24)28(26,27)17(3)20(25)23(4)18-8-6-5-7-9-18/h10-14,17-18H,5-9H2,1-4H3/t17-/m0/s1. The zero-order valence-electron chi connectivity index (χ0n) is 17.1. The zero-order valence-corrected chi connectivity index (χ0v) is 17.9. The number of nitrogens with zero attached hydrogens (tertiary/aromatic N) is 3. The second-order valence-corrected chi connectivity index (χ2v) is 9.96. The van der Waals surface area contributed by atoms with Crippen molar-refractivity contribution in [1.82, 2.24) is 14.5 Å². The van der Waals surface area contributed by atoms with Crippen LogP contribution < -0.4 is 0 Å². The van der Waals surface area contributed by atoms with E-state index in [-0.39, 0.29) is 17.1 Å². The van der Waals surface area contributed by atoms with Gasteiger partial charge in [0.05, 0.1) is 5.69 Å². The van der Waals surface area contributed by atoms with Gasteiger partial charge in [0.15, 0.2) is 0 Å². The van der Waals surface area contributed by atoms with Gasteiger partial charge in [-0.05, 0) is 50.8 Å². The molecule has 0 unspecified atom stereocenters. The van der Waals surface area contributed by atoms with E-state index in [1.54, 1.807) is 22.7 Å². The summed E-state index contributed by atoms with van der Waals surface area (Å²) < 4.78 is 28.1. The van der Waals surface area contributed by atoms with Gasteiger partial charge in [-0.1, -0.05) is 31.4 Å². The summed E-state index contributed by atoms with van der Waals surface area (Å²) in [5.41, 5.74) is 2.73. The van der Waals surface area contributed by atoms with E-state index >= 15 is 0 Å². The number of carbonyl (C=O) groups is 1. The van der Waals surface area contributed by atoms with Crippen molar-refractivity contribution in [2.24, 2.45) is 0 Å². The highest BCUT2D eigenvalue weighted by Gasteiger charge is 2.37. The normalized spacial score (nSPS) is 16.7. The van der Waals surface area contributed by atoms with Crippen LogP contribution >= 0.6 is 0 Å². The first-order valence-electron chi connectivity index (χ1n) is 9.85. The molecule has 1 atom stereocenters. The third kappa shape index (κ3) is 3.85. The molecule has 1 saturated carbocycles. The average Bonchev–Trinajstić information content (AvgIpc) is 3.19. The molecule has 0 radical (unpaired) electrons. The van der Waals surface area contributed by atoms with Gasteiger partial charge in [0.2, 0.25) is 20.9 Å². The van der Waals surface area contributed by atoms with Gasteiger partial charge in [0.25, 0.3) is 0 Å². The molecule has 1 aliphatic rings. The molecule has 2 aromatic rings. The highest BCUT2D eigenvalue weighted by Crippen LogP contribution is 2.26. The summed E-state index contributed by atoms with van der Waals surface area (Å²) in [5, 5.41) is -1.26. The van der Waals surface area contributed by atoms with E-state index in [0.717, 1.165) is 42.5 Å². The van der Waals surface area contributed by atoms with Gasteiger partial charge in [0, 0.05) is 25.5 Å². The van der Waals surface area contributed by atoms with Crippen LogP contribution in [-0.4, -0.2) is 47.1 Å². The van der Waals surface area contributed by atoms with Gasteiger partial charge in [0.1, 0.15) is 5.25 Å². The Morgan fingerprint density at radius 2 is 1.89 bits per heavy atom. The molecule has 0 N–H and O–H groups in total. The molecule has 1 heterocycles. The van der Waals surface area contributed by atoms with Crippen molar-refractivity contribution in [3.8, 4) is 5.69 Å². The summed E-state index contributed by atoms with van der Waals surface area (Å²) in [4.78, 5) is 18.7. The Bertz CT molecular complexity index is 959. The molecule has 0 aliphatic heterocycles. The quantitative estimate of drug-likeness (QED) is 0.767. The van der Waals surface area contributed by atoms with Crippen molar-refractivity contribution in [2.45, 2.75) is 69.3 Å². The van der Waals surface area contributed by atoms with Crippen LogP contribution in [0.1, 0.15) is 50.2 Å². The molecular weight excluding hydrogens is 374 g/mol. The first-order chi connectivity index (χ1) is 13.2. The van der Waals surface area contributed by atoms with Gasteiger partial charge < -0.3 is 4.90 Å². The molecule has 0 bridgehead atoms. The SMILES string of the molecule is Cc1ccc(C)c(-n2ccnc2S(=O)(=O)[C@@H](C)C(=O)N(C)C2CCCCC2)c1. The monoisotopic (exact) mass is 403 g/mol. The van der Waals surface area contributed by atoms with Gasteiger partial charge in [-0.3, -0.25) is 9.36 Å². The van der Waals surface area contributed by atoms with Crippen molar-refractivity contribution in [1.29, 1.82) is 0 Å².